The van der Waals surface area contributed by atoms with Gasteiger partial charge in [0.1, 0.15) is 11.3 Å². The third-order valence-corrected chi connectivity index (χ3v) is 5.38. The highest BCUT2D eigenvalue weighted by atomic mass is 16.6. The number of nitrogens with zero attached hydrogens (tertiary/aromatic N) is 1. The average Bonchev–Trinajstić information content (AvgIpc) is 2.65. The van der Waals surface area contributed by atoms with Crippen molar-refractivity contribution in [1.29, 1.82) is 0 Å². The van der Waals surface area contributed by atoms with E-state index in [-0.39, 0.29) is 24.6 Å². The molecular weight excluding hydrogens is 374 g/mol. The monoisotopic (exact) mass is 401 g/mol. The van der Waals surface area contributed by atoms with Gasteiger partial charge in [0.05, 0.1) is 0 Å². The van der Waals surface area contributed by atoms with E-state index in [1.807, 2.05) is 25.7 Å². The van der Waals surface area contributed by atoms with Gasteiger partial charge in [-0.3, -0.25) is 4.79 Å². The average molecular weight is 401 g/mol. The van der Waals surface area contributed by atoms with Crippen LogP contribution in [0.1, 0.15) is 45.6 Å². The minimum Gasteiger partial charge on any atom is -0.482 e. The molecule has 7 nitrogen and oxygen atoms in total. The van der Waals surface area contributed by atoms with E-state index in [1.54, 1.807) is 25.1 Å². The van der Waals surface area contributed by atoms with Crippen LogP contribution in [0.3, 0.4) is 0 Å². The third-order valence-electron chi connectivity index (χ3n) is 5.38. The van der Waals surface area contributed by atoms with Crippen LogP contribution in [-0.4, -0.2) is 41.6 Å². The molecule has 0 aliphatic carbocycles. The molecule has 2 aromatic rings. The van der Waals surface area contributed by atoms with E-state index in [9.17, 15) is 14.4 Å². The van der Waals surface area contributed by atoms with Gasteiger partial charge < -0.3 is 18.8 Å². The number of hydrogen-bond acceptors (Lipinski definition) is 6. The molecule has 156 valence electrons. The Morgan fingerprint density at radius 3 is 2.59 bits per heavy atom. The fraction of sp³-hybridized carbons (Fsp3) is 0.500. The zero-order valence-electron chi connectivity index (χ0n) is 17.3. The number of likely N-dealkylation sites (tertiary alicyclic amines) is 1. The van der Waals surface area contributed by atoms with Crippen molar-refractivity contribution in [3.63, 3.8) is 0 Å². The number of hydrogen-bond donors (Lipinski definition) is 0. The number of ether oxygens (including phenoxy) is 2. The van der Waals surface area contributed by atoms with Crippen molar-refractivity contribution >= 4 is 22.8 Å². The molecule has 7 heteroatoms. The van der Waals surface area contributed by atoms with Crippen LogP contribution in [0.5, 0.6) is 5.75 Å². The number of piperidine rings is 1. The molecule has 0 spiro atoms. The fourth-order valence-corrected chi connectivity index (χ4v) is 3.88. The van der Waals surface area contributed by atoms with E-state index in [4.69, 9.17) is 13.9 Å². The minimum atomic E-state index is -0.869. The van der Waals surface area contributed by atoms with E-state index in [0.717, 1.165) is 30.2 Å². The van der Waals surface area contributed by atoms with Gasteiger partial charge >= 0.3 is 11.6 Å². The van der Waals surface area contributed by atoms with Gasteiger partial charge in [0, 0.05) is 29.6 Å². The van der Waals surface area contributed by atoms with Crippen LogP contribution < -0.4 is 10.4 Å². The lowest BCUT2D eigenvalue weighted by molar-refractivity contribution is -0.163. The van der Waals surface area contributed by atoms with Crippen molar-refractivity contribution < 1.29 is 23.5 Å². The topological polar surface area (TPSA) is 86.0 Å². The third kappa shape index (κ3) is 4.78. The maximum atomic E-state index is 12.7. The van der Waals surface area contributed by atoms with Crippen molar-refractivity contribution in [1.82, 2.24) is 4.90 Å². The first-order chi connectivity index (χ1) is 13.8. The number of rotatable bonds is 5. The molecule has 0 saturated carbocycles. The first-order valence-electron chi connectivity index (χ1n) is 9.95. The second kappa shape index (κ2) is 8.68. The molecule has 1 amide bonds. The van der Waals surface area contributed by atoms with Gasteiger partial charge in [0.2, 0.25) is 0 Å². The molecule has 1 aliphatic rings. The van der Waals surface area contributed by atoms with E-state index >= 15 is 0 Å². The summed E-state index contributed by atoms with van der Waals surface area (Å²) in [6, 6.07) is 6.71. The van der Waals surface area contributed by atoms with E-state index in [0.29, 0.717) is 11.3 Å². The molecule has 1 aliphatic heterocycles. The molecule has 2 heterocycles. The molecule has 29 heavy (non-hydrogen) atoms. The number of carbonyl (C=O) groups excluding carboxylic acids is 2. The Morgan fingerprint density at radius 2 is 1.90 bits per heavy atom. The van der Waals surface area contributed by atoms with Gasteiger partial charge in [-0.15, -0.1) is 0 Å². The molecule has 0 N–H and O–H groups in total. The molecule has 3 rings (SSSR count). The van der Waals surface area contributed by atoms with Gasteiger partial charge in [-0.05, 0) is 64.7 Å². The summed E-state index contributed by atoms with van der Waals surface area (Å²) in [5.41, 5.74) is 0.744. The maximum absolute atomic E-state index is 12.7. The summed E-state index contributed by atoms with van der Waals surface area (Å²) in [6.07, 6.45) is 2.14. The van der Waals surface area contributed by atoms with Crippen LogP contribution in [-0.2, 0) is 14.3 Å². The zero-order valence-corrected chi connectivity index (χ0v) is 17.3. The standard InChI is InChI=1S/C22H27NO6/c1-13-10-20(24)29-19-11-17(8-9-18(13)19)27-12-21(25)28-16(4)22(26)23-14(2)6-5-7-15(23)3/h8-11,14-16H,5-7,12H2,1-4H3/t14-,15-,16+/m0/s1. The van der Waals surface area contributed by atoms with Crippen LogP contribution >= 0.6 is 0 Å². The second-order valence-corrected chi connectivity index (χ2v) is 7.70. The molecule has 1 saturated heterocycles. The number of fused-ring (bicyclic) bond motifs is 1. The predicted molar refractivity (Wildman–Crippen MR) is 108 cm³/mol. The normalized spacial score (nSPS) is 20.3. The molecule has 0 bridgehead atoms. The number of esters is 1. The highest BCUT2D eigenvalue weighted by Gasteiger charge is 2.33. The summed E-state index contributed by atoms with van der Waals surface area (Å²) >= 11 is 0. The Morgan fingerprint density at radius 1 is 1.21 bits per heavy atom. The van der Waals surface area contributed by atoms with Crippen LogP contribution in [0, 0.1) is 6.92 Å². The Kier molecular flexibility index (Phi) is 6.25. The SMILES string of the molecule is Cc1cc(=O)oc2cc(OCC(=O)O[C@H](C)C(=O)N3[C@@H](C)CCC[C@@H]3C)ccc12. The lowest BCUT2D eigenvalue weighted by Gasteiger charge is -2.40. The molecule has 1 fully saturated rings. The van der Waals surface area contributed by atoms with E-state index in [2.05, 4.69) is 0 Å². The van der Waals surface area contributed by atoms with Gasteiger partial charge in [-0.1, -0.05) is 0 Å². The van der Waals surface area contributed by atoms with Crippen LogP contribution in [0.4, 0.5) is 0 Å². The Balaban J connectivity index is 1.58. The van der Waals surface area contributed by atoms with E-state index in [1.165, 1.54) is 6.07 Å². The summed E-state index contributed by atoms with van der Waals surface area (Å²) in [6.45, 7) is 7.10. The minimum absolute atomic E-state index is 0.138. The summed E-state index contributed by atoms with van der Waals surface area (Å²) in [5.74, 6) is -0.435. The quantitative estimate of drug-likeness (QED) is 0.565. The number of benzene rings is 1. The molecule has 1 aromatic heterocycles. The molecule has 1 aromatic carbocycles. The first-order valence-corrected chi connectivity index (χ1v) is 9.95. The molecule has 0 unspecified atom stereocenters. The largest absolute Gasteiger partial charge is 0.482 e. The highest BCUT2D eigenvalue weighted by Crippen LogP contribution is 2.24. The number of carbonyl (C=O) groups is 2. The van der Waals surface area contributed by atoms with Crippen molar-refractivity contribution in [2.24, 2.45) is 0 Å². The molecular formula is C22H27NO6. The number of amides is 1. The van der Waals surface area contributed by atoms with Gasteiger partial charge in [0.25, 0.3) is 5.91 Å². The van der Waals surface area contributed by atoms with Crippen molar-refractivity contribution in [3.05, 3.63) is 40.2 Å². The maximum Gasteiger partial charge on any atom is 0.344 e. The summed E-state index contributed by atoms with van der Waals surface area (Å²) in [7, 11) is 0. The van der Waals surface area contributed by atoms with Gasteiger partial charge in [-0.25, -0.2) is 9.59 Å². The first kappa shape index (κ1) is 20.9. The fourth-order valence-electron chi connectivity index (χ4n) is 3.88. The highest BCUT2D eigenvalue weighted by molar-refractivity contribution is 5.84. The van der Waals surface area contributed by atoms with Gasteiger partial charge in [0.15, 0.2) is 12.7 Å². The van der Waals surface area contributed by atoms with Crippen LogP contribution in [0.15, 0.2) is 33.5 Å². The van der Waals surface area contributed by atoms with Crippen molar-refractivity contribution in [2.45, 2.75) is 65.1 Å². The lowest BCUT2D eigenvalue weighted by Crippen LogP contribution is -2.51. The van der Waals surface area contributed by atoms with E-state index < -0.39 is 17.7 Å². The van der Waals surface area contributed by atoms with Crippen molar-refractivity contribution in [2.75, 3.05) is 6.61 Å². The predicted octanol–water partition coefficient (Wildman–Crippen LogP) is 3.20. The Bertz CT molecular complexity index is 955. The summed E-state index contributed by atoms with van der Waals surface area (Å²) in [5, 5.41) is 0.795. The Labute approximate surface area is 169 Å². The zero-order chi connectivity index (χ0) is 21.1. The molecule has 0 radical (unpaired) electrons. The Hall–Kier alpha value is -2.83. The molecule has 3 atom stereocenters. The lowest BCUT2D eigenvalue weighted by atomic mass is 9.97. The van der Waals surface area contributed by atoms with Crippen LogP contribution in [0.25, 0.3) is 11.0 Å². The number of aryl methyl sites for hydroxylation is 1. The van der Waals surface area contributed by atoms with Crippen molar-refractivity contribution in [3.8, 4) is 5.75 Å². The summed E-state index contributed by atoms with van der Waals surface area (Å²) < 4.78 is 15.9. The summed E-state index contributed by atoms with van der Waals surface area (Å²) in [4.78, 5) is 38.2. The second-order valence-electron chi connectivity index (χ2n) is 7.70. The van der Waals surface area contributed by atoms with Crippen LogP contribution in [0.2, 0.25) is 0 Å². The van der Waals surface area contributed by atoms with Gasteiger partial charge in [-0.2, -0.15) is 0 Å². The smallest absolute Gasteiger partial charge is 0.344 e.